The smallest absolute Gasteiger partial charge is 0.407 e. The molecular weight excluding hydrogens is 468 g/mol. The molecule has 0 heterocycles. The highest BCUT2D eigenvalue weighted by Crippen LogP contribution is 2.44. The van der Waals surface area contributed by atoms with Gasteiger partial charge in [0.15, 0.2) is 0 Å². The predicted octanol–water partition coefficient (Wildman–Crippen LogP) is 5.68. The molecule has 7 nitrogen and oxygen atoms in total. The van der Waals surface area contributed by atoms with Crippen LogP contribution in [0.4, 0.5) is 10.5 Å². The van der Waals surface area contributed by atoms with Crippen LogP contribution >= 0.6 is 11.6 Å². The van der Waals surface area contributed by atoms with Crippen LogP contribution in [0.3, 0.4) is 0 Å². The first kappa shape index (κ1) is 24.3. The van der Waals surface area contributed by atoms with Crippen molar-refractivity contribution in [3.8, 4) is 11.1 Å². The zero-order valence-corrected chi connectivity index (χ0v) is 19.8. The van der Waals surface area contributed by atoms with E-state index in [2.05, 4.69) is 22.8 Å². The molecule has 1 atom stereocenters. The summed E-state index contributed by atoms with van der Waals surface area (Å²) < 4.78 is 5.56. The van der Waals surface area contributed by atoms with E-state index in [0.29, 0.717) is 12.8 Å². The Labute approximate surface area is 208 Å². The Morgan fingerprint density at radius 3 is 2.23 bits per heavy atom. The molecule has 0 fully saturated rings. The maximum atomic E-state index is 12.8. The summed E-state index contributed by atoms with van der Waals surface area (Å²) in [5.41, 5.74) is 4.63. The number of anilines is 1. The molecule has 0 aromatic heterocycles. The number of amides is 2. The average Bonchev–Trinajstić information content (AvgIpc) is 3.16. The molecule has 4 rings (SSSR count). The monoisotopic (exact) mass is 492 g/mol. The number of aromatic carboxylic acids is 1. The number of ether oxygens (including phenoxy) is 1. The van der Waals surface area contributed by atoms with Gasteiger partial charge in [-0.3, -0.25) is 4.79 Å². The normalized spacial score (nSPS) is 12.9. The number of fused-ring (bicyclic) bond motifs is 3. The number of carboxylic acid groups (broad SMARTS) is 1. The topological polar surface area (TPSA) is 105 Å². The van der Waals surface area contributed by atoms with E-state index < -0.39 is 24.0 Å². The van der Waals surface area contributed by atoms with E-state index in [1.165, 1.54) is 18.2 Å². The van der Waals surface area contributed by atoms with Crippen LogP contribution in [-0.2, 0) is 9.53 Å². The molecule has 3 N–H and O–H groups in total. The van der Waals surface area contributed by atoms with Gasteiger partial charge < -0.3 is 20.5 Å². The molecule has 0 aliphatic heterocycles. The van der Waals surface area contributed by atoms with Gasteiger partial charge in [-0.25, -0.2) is 9.59 Å². The SMILES string of the molecule is CCC[C@@H](NC(=O)OCC1c2ccccc2-c2ccccc21)C(=O)Nc1cc(Cl)cc(C(=O)O)c1. The molecule has 3 aromatic carbocycles. The average molecular weight is 493 g/mol. The number of carbonyl (C=O) groups excluding carboxylic acids is 2. The molecule has 1 aliphatic carbocycles. The standard InChI is InChI=1S/C27H25ClN2O5/c1-2-7-24(25(31)29-18-13-16(26(32)33)12-17(28)14-18)30-27(34)35-15-23-21-10-5-3-8-19(21)20-9-4-6-11-22(20)23/h3-6,8-14,23-24H,2,7,15H2,1H3,(H,29,31)(H,30,34)(H,32,33)/t24-/m1/s1. The summed E-state index contributed by atoms with van der Waals surface area (Å²) in [6, 6.07) is 19.3. The summed E-state index contributed by atoms with van der Waals surface area (Å²) in [7, 11) is 0. The van der Waals surface area contributed by atoms with Gasteiger partial charge in [-0.15, -0.1) is 0 Å². The fourth-order valence-corrected chi connectivity index (χ4v) is 4.59. The lowest BCUT2D eigenvalue weighted by atomic mass is 9.98. The van der Waals surface area contributed by atoms with Gasteiger partial charge in [-0.05, 0) is 46.9 Å². The van der Waals surface area contributed by atoms with Gasteiger partial charge >= 0.3 is 12.1 Å². The van der Waals surface area contributed by atoms with E-state index in [9.17, 15) is 19.5 Å². The summed E-state index contributed by atoms with van der Waals surface area (Å²) in [6.45, 7) is 2.03. The minimum Gasteiger partial charge on any atom is -0.478 e. The van der Waals surface area contributed by atoms with E-state index in [1.54, 1.807) is 0 Å². The summed E-state index contributed by atoms with van der Waals surface area (Å²) in [4.78, 5) is 36.8. The Kier molecular flexibility index (Phi) is 7.36. The molecule has 1 aliphatic rings. The van der Waals surface area contributed by atoms with Crippen LogP contribution in [-0.4, -0.2) is 35.7 Å². The third-order valence-electron chi connectivity index (χ3n) is 5.94. The molecule has 180 valence electrons. The highest BCUT2D eigenvalue weighted by molar-refractivity contribution is 6.31. The maximum Gasteiger partial charge on any atom is 0.407 e. The highest BCUT2D eigenvalue weighted by atomic mass is 35.5. The molecule has 0 saturated heterocycles. The third kappa shape index (κ3) is 5.46. The zero-order chi connectivity index (χ0) is 24.9. The van der Waals surface area contributed by atoms with Crippen molar-refractivity contribution in [2.24, 2.45) is 0 Å². The molecule has 35 heavy (non-hydrogen) atoms. The number of rotatable bonds is 8. The molecule has 0 saturated carbocycles. The number of hydrogen-bond acceptors (Lipinski definition) is 4. The van der Waals surface area contributed by atoms with E-state index in [1.807, 2.05) is 43.3 Å². The first-order chi connectivity index (χ1) is 16.9. The lowest BCUT2D eigenvalue weighted by Gasteiger charge is -2.19. The minimum atomic E-state index is -1.16. The molecular formula is C27H25ClN2O5. The molecule has 8 heteroatoms. The zero-order valence-electron chi connectivity index (χ0n) is 19.1. The van der Waals surface area contributed by atoms with Gasteiger partial charge in [0.1, 0.15) is 12.6 Å². The van der Waals surface area contributed by atoms with Gasteiger partial charge in [0.2, 0.25) is 5.91 Å². The number of carboxylic acids is 1. The maximum absolute atomic E-state index is 12.8. The van der Waals surface area contributed by atoms with Gasteiger partial charge in [-0.1, -0.05) is 73.5 Å². The Bertz CT molecular complexity index is 1230. The van der Waals surface area contributed by atoms with E-state index >= 15 is 0 Å². The molecule has 0 unspecified atom stereocenters. The Balaban J connectivity index is 1.42. The van der Waals surface area contributed by atoms with Crippen molar-refractivity contribution in [2.75, 3.05) is 11.9 Å². The largest absolute Gasteiger partial charge is 0.478 e. The molecule has 0 spiro atoms. The first-order valence-corrected chi connectivity index (χ1v) is 11.7. The number of nitrogens with one attached hydrogen (secondary N) is 2. The minimum absolute atomic E-state index is 0.0515. The predicted molar refractivity (Wildman–Crippen MR) is 134 cm³/mol. The Hall–Kier alpha value is -3.84. The Morgan fingerprint density at radius 2 is 1.63 bits per heavy atom. The number of benzene rings is 3. The van der Waals surface area contributed by atoms with Crippen molar-refractivity contribution in [1.29, 1.82) is 0 Å². The van der Waals surface area contributed by atoms with E-state index in [-0.39, 0.29) is 28.8 Å². The number of hydrogen-bond donors (Lipinski definition) is 3. The lowest BCUT2D eigenvalue weighted by Crippen LogP contribution is -2.44. The third-order valence-corrected chi connectivity index (χ3v) is 6.16. The summed E-state index contributed by atoms with van der Waals surface area (Å²) >= 11 is 5.97. The van der Waals surface area contributed by atoms with Crippen LogP contribution in [0.5, 0.6) is 0 Å². The number of alkyl carbamates (subject to hydrolysis) is 1. The van der Waals surface area contributed by atoms with Crippen LogP contribution in [0, 0.1) is 0 Å². The van der Waals surface area contributed by atoms with Crippen molar-refractivity contribution in [3.63, 3.8) is 0 Å². The van der Waals surface area contributed by atoms with Gasteiger partial charge in [0, 0.05) is 16.6 Å². The van der Waals surface area contributed by atoms with Crippen LogP contribution in [0.25, 0.3) is 11.1 Å². The lowest BCUT2D eigenvalue weighted by molar-refractivity contribution is -0.118. The van der Waals surface area contributed by atoms with Crippen molar-refractivity contribution >= 4 is 35.3 Å². The van der Waals surface area contributed by atoms with Crippen LogP contribution in [0.15, 0.2) is 66.7 Å². The van der Waals surface area contributed by atoms with Gasteiger partial charge in [0.05, 0.1) is 5.56 Å². The molecule has 2 amide bonds. The molecule has 0 bridgehead atoms. The summed E-state index contributed by atoms with van der Waals surface area (Å²) in [5, 5.41) is 14.7. The molecule has 0 radical (unpaired) electrons. The second kappa shape index (κ2) is 10.6. The number of carbonyl (C=O) groups is 3. The summed E-state index contributed by atoms with van der Waals surface area (Å²) in [6.07, 6.45) is 0.317. The quantitative estimate of drug-likeness (QED) is 0.375. The van der Waals surface area contributed by atoms with E-state index in [4.69, 9.17) is 16.3 Å². The van der Waals surface area contributed by atoms with E-state index in [0.717, 1.165) is 22.3 Å². The van der Waals surface area contributed by atoms with Crippen LogP contribution in [0.2, 0.25) is 5.02 Å². The highest BCUT2D eigenvalue weighted by Gasteiger charge is 2.29. The molecule has 3 aromatic rings. The second-order valence-electron chi connectivity index (χ2n) is 8.33. The first-order valence-electron chi connectivity index (χ1n) is 11.3. The number of halogens is 1. The fraction of sp³-hybridized carbons (Fsp3) is 0.222. The van der Waals surface area contributed by atoms with Gasteiger partial charge in [-0.2, -0.15) is 0 Å². The summed E-state index contributed by atoms with van der Waals surface area (Å²) in [5.74, 6) is -1.74. The van der Waals surface area contributed by atoms with Crippen LogP contribution in [0.1, 0.15) is 47.2 Å². The van der Waals surface area contributed by atoms with Crippen molar-refractivity contribution in [3.05, 3.63) is 88.4 Å². The Morgan fingerprint density at radius 1 is 1.00 bits per heavy atom. The van der Waals surface area contributed by atoms with Crippen molar-refractivity contribution < 1.29 is 24.2 Å². The second-order valence-corrected chi connectivity index (χ2v) is 8.77. The van der Waals surface area contributed by atoms with Crippen molar-refractivity contribution in [2.45, 2.75) is 31.7 Å². The fourth-order valence-electron chi connectivity index (χ4n) is 4.35. The van der Waals surface area contributed by atoms with Gasteiger partial charge in [0.25, 0.3) is 0 Å². The van der Waals surface area contributed by atoms with Crippen LogP contribution < -0.4 is 10.6 Å². The van der Waals surface area contributed by atoms with Crippen molar-refractivity contribution in [1.82, 2.24) is 5.32 Å².